The summed E-state index contributed by atoms with van der Waals surface area (Å²) in [4.78, 5) is 10.9. The molecule has 0 bridgehead atoms. The summed E-state index contributed by atoms with van der Waals surface area (Å²) in [7, 11) is 0. The van der Waals surface area contributed by atoms with Crippen LogP contribution in [0.25, 0.3) is 0 Å². The molecule has 0 saturated carbocycles. The number of hydrogen-bond acceptors (Lipinski definition) is 3. The van der Waals surface area contributed by atoms with Crippen molar-refractivity contribution in [3.8, 4) is 0 Å². The Bertz CT molecular complexity index is 177. The third-order valence-electron chi connectivity index (χ3n) is 1.57. The molecule has 0 amide bonds. The first-order valence-electron chi connectivity index (χ1n) is 3.79. The molecule has 1 rings (SSSR count). The van der Waals surface area contributed by atoms with Crippen LogP contribution >= 0.6 is 15.9 Å². The first kappa shape index (κ1) is 9.74. The van der Waals surface area contributed by atoms with Crippen LogP contribution in [0.15, 0.2) is 12.7 Å². The number of rotatable bonds is 5. The van der Waals surface area contributed by atoms with Crippen LogP contribution in [-0.2, 0) is 14.3 Å². The molecule has 2 atom stereocenters. The highest BCUT2D eigenvalue weighted by molar-refractivity contribution is 9.09. The van der Waals surface area contributed by atoms with Gasteiger partial charge in [-0.25, -0.2) is 4.79 Å². The molecule has 4 heteroatoms. The van der Waals surface area contributed by atoms with Gasteiger partial charge < -0.3 is 9.47 Å². The standard InChI is InChI=1S/C8H11BrO3/c1-2-8(10)11-4-3-6(9)7-5-12-7/h2,6-7H,1,3-5H2. The summed E-state index contributed by atoms with van der Waals surface area (Å²) in [5.74, 6) is -0.369. The van der Waals surface area contributed by atoms with Crippen molar-refractivity contribution < 1.29 is 14.3 Å². The Morgan fingerprint density at radius 1 is 1.92 bits per heavy atom. The molecule has 0 aromatic rings. The summed E-state index contributed by atoms with van der Waals surface area (Å²) in [6.45, 7) is 4.52. The third kappa shape index (κ3) is 3.36. The Kier molecular flexibility index (Phi) is 3.75. The average molecular weight is 235 g/mol. The van der Waals surface area contributed by atoms with Crippen molar-refractivity contribution in [3.05, 3.63) is 12.7 Å². The Morgan fingerprint density at radius 3 is 3.08 bits per heavy atom. The molecule has 2 unspecified atom stereocenters. The Labute approximate surface area is 79.9 Å². The summed E-state index contributed by atoms with van der Waals surface area (Å²) in [5, 5.41) is 0. The maximum Gasteiger partial charge on any atom is 0.330 e. The van der Waals surface area contributed by atoms with Crippen LogP contribution in [-0.4, -0.2) is 30.1 Å². The fourth-order valence-electron chi connectivity index (χ4n) is 0.781. The van der Waals surface area contributed by atoms with E-state index >= 15 is 0 Å². The molecule has 1 aliphatic heterocycles. The molecule has 0 spiro atoms. The third-order valence-corrected chi connectivity index (χ3v) is 2.61. The molecule has 0 aliphatic carbocycles. The minimum absolute atomic E-state index is 0.301. The molecule has 12 heavy (non-hydrogen) atoms. The molecule has 1 heterocycles. The van der Waals surface area contributed by atoms with E-state index in [1.54, 1.807) is 0 Å². The molecule has 3 nitrogen and oxygen atoms in total. The van der Waals surface area contributed by atoms with Gasteiger partial charge in [0.1, 0.15) is 0 Å². The fraction of sp³-hybridized carbons (Fsp3) is 0.625. The van der Waals surface area contributed by atoms with E-state index in [2.05, 4.69) is 22.5 Å². The molecule has 0 N–H and O–H groups in total. The highest BCUT2D eigenvalue weighted by Gasteiger charge is 2.30. The number of alkyl halides is 1. The Balaban J connectivity index is 2.00. The molecule has 0 radical (unpaired) electrons. The minimum atomic E-state index is -0.369. The maximum atomic E-state index is 10.6. The number of ether oxygens (including phenoxy) is 2. The van der Waals surface area contributed by atoms with Crippen molar-refractivity contribution in [1.82, 2.24) is 0 Å². The van der Waals surface area contributed by atoms with Crippen molar-refractivity contribution in [2.75, 3.05) is 13.2 Å². The molecule has 0 aromatic heterocycles. The second-order valence-corrected chi connectivity index (χ2v) is 3.72. The van der Waals surface area contributed by atoms with E-state index < -0.39 is 0 Å². The van der Waals surface area contributed by atoms with Gasteiger partial charge in [0.05, 0.1) is 19.3 Å². The molecular weight excluding hydrogens is 224 g/mol. The van der Waals surface area contributed by atoms with E-state index in [4.69, 9.17) is 9.47 Å². The van der Waals surface area contributed by atoms with E-state index in [1.165, 1.54) is 0 Å². The first-order chi connectivity index (χ1) is 5.74. The van der Waals surface area contributed by atoms with Crippen molar-refractivity contribution in [2.45, 2.75) is 17.4 Å². The van der Waals surface area contributed by atoms with Crippen LogP contribution in [0.3, 0.4) is 0 Å². The zero-order valence-electron chi connectivity index (χ0n) is 6.66. The molecule has 68 valence electrons. The summed E-state index contributed by atoms with van der Waals surface area (Å²) >= 11 is 3.43. The van der Waals surface area contributed by atoms with Crippen LogP contribution < -0.4 is 0 Å². The Morgan fingerprint density at radius 2 is 2.58 bits per heavy atom. The van der Waals surface area contributed by atoms with E-state index in [0.29, 0.717) is 17.5 Å². The molecular formula is C8H11BrO3. The second kappa shape index (κ2) is 4.62. The number of epoxide rings is 1. The van der Waals surface area contributed by atoms with Crippen LogP contribution in [0.2, 0.25) is 0 Å². The van der Waals surface area contributed by atoms with E-state index in [-0.39, 0.29) is 5.97 Å². The van der Waals surface area contributed by atoms with Gasteiger partial charge >= 0.3 is 5.97 Å². The molecule has 1 saturated heterocycles. The van der Waals surface area contributed by atoms with Gasteiger partial charge in [-0.2, -0.15) is 0 Å². The van der Waals surface area contributed by atoms with Gasteiger partial charge in [0.25, 0.3) is 0 Å². The monoisotopic (exact) mass is 234 g/mol. The smallest absolute Gasteiger partial charge is 0.330 e. The van der Waals surface area contributed by atoms with Gasteiger partial charge in [0.2, 0.25) is 0 Å². The van der Waals surface area contributed by atoms with Crippen molar-refractivity contribution in [2.24, 2.45) is 0 Å². The molecule has 1 aliphatic rings. The van der Waals surface area contributed by atoms with Crippen LogP contribution in [0, 0.1) is 0 Å². The van der Waals surface area contributed by atoms with Gasteiger partial charge in [-0.3, -0.25) is 0 Å². The van der Waals surface area contributed by atoms with Crippen LogP contribution in [0.5, 0.6) is 0 Å². The zero-order valence-corrected chi connectivity index (χ0v) is 8.25. The maximum absolute atomic E-state index is 10.6. The van der Waals surface area contributed by atoms with Gasteiger partial charge in [-0.1, -0.05) is 22.5 Å². The molecule has 1 fully saturated rings. The lowest BCUT2D eigenvalue weighted by Gasteiger charge is -2.05. The topological polar surface area (TPSA) is 38.8 Å². The largest absolute Gasteiger partial charge is 0.463 e. The van der Waals surface area contributed by atoms with Crippen molar-refractivity contribution >= 4 is 21.9 Å². The highest BCUT2D eigenvalue weighted by Crippen LogP contribution is 2.23. The molecule has 0 aromatic carbocycles. The van der Waals surface area contributed by atoms with E-state index in [9.17, 15) is 4.79 Å². The lowest BCUT2D eigenvalue weighted by Crippen LogP contribution is -2.12. The quantitative estimate of drug-likeness (QED) is 0.311. The van der Waals surface area contributed by atoms with Gasteiger partial charge in [-0.15, -0.1) is 0 Å². The number of halogens is 1. The highest BCUT2D eigenvalue weighted by atomic mass is 79.9. The van der Waals surface area contributed by atoms with E-state index in [0.717, 1.165) is 19.1 Å². The summed E-state index contributed by atoms with van der Waals surface area (Å²) < 4.78 is 9.84. The van der Waals surface area contributed by atoms with Gasteiger partial charge in [0, 0.05) is 10.9 Å². The number of carbonyl (C=O) groups is 1. The summed E-state index contributed by atoms with van der Waals surface area (Å²) in [6, 6.07) is 0. The lowest BCUT2D eigenvalue weighted by molar-refractivity contribution is -0.137. The number of carbonyl (C=O) groups excluding carboxylic acids is 1. The Hall–Kier alpha value is -0.350. The zero-order chi connectivity index (χ0) is 8.97. The van der Waals surface area contributed by atoms with Crippen LogP contribution in [0.4, 0.5) is 0 Å². The fourth-order valence-corrected chi connectivity index (χ4v) is 1.27. The summed E-state index contributed by atoms with van der Waals surface area (Å²) in [6.07, 6.45) is 2.26. The second-order valence-electron chi connectivity index (χ2n) is 2.55. The van der Waals surface area contributed by atoms with Crippen LogP contribution in [0.1, 0.15) is 6.42 Å². The van der Waals surface area contributed by atoms with Gasteiger partial charge in [-0.05, 0) is 6.42 Å². The van der Waals surface area contributed by atoms with E-state index in [1.807, 2.05) is 0 Å². The first-order valence-corrected chi connectivity index (χ1v) is 4.70. The number of hydrogen-bond donors (Lipinski definition) is 0. The average Bonchev–Trinajstić information content (AvgIpc) is 2.86. The minimum Gasteiger partial charge on any atom is -0.463 e. The van der Waals surface area contributed by atoms with Crippen molar-refractivity contribution in [3.63, 3.8) is 0 Å². The number of esters is 1. The van der Waals surface area contributed by atoms with Crippen molar-refractivity contribution in [1.29, 1.82) is 0 Å². The SMILES string of the molecule is C=CC(=O)OCCC(Br)C1CO1. The normalized spacial score (nSPS) is 22.9. The predicted molar refractivity (Wildman–Crippen MR) is 48.2 cm³/mol. The lowest BCUT2D eigenvalue weighted by atomic mass is 10.2. The summed E-state index contributed by atoms with van der Waals surface area (Å²) in [5.41, 5.74) is 0. The van der Waals surface area contributed by atoms with Gasteiger partial charge in [0.15, 0.2) is 0 Å². The predicted octanol–water partition coefficient (Wildman–Crippen LogP) is 1.27.